The standard InChI is InChI=1S/C25H24N4O4S/c1-3-33-21-12-9-18(14-22(21)32-2)25(31)28-27-24(30)17-7-10-20(11-8-17)34-16-19-15-29-13-5-4-6-23(29)26-19/h4-15H,3,16H2,1-2H3,(H,27,30)(H,28,31). The molecule has 8 nitrogen and oxygen atoms in total. The van der Waals surface area contributed by atoms with Crippen LogP contribution in [0, 0.1) is 0 Å². The quantitative estimate of drug-likeness (QED) is 0.294. The fourth-order valence-corrected chi connectivity index (χ4v) is 4.04. The van der Waals surface area contributed by atoms with E-state index in [0.717, 1.165) is 22.0 Å². The van der Waals surface area contributed by atoms with Crippen LogP contribution in [0.1, 0.15) is 33.3 Å². The molecule has 2 N–H and O–H groups in total. The molecule has 0 saturated heterocycles. The Hall–Kier alpha value is -3.98. The van der Waals surface area contributed by atoms with Crippen molar-refractivity contribution in [2.24, 2.45) is 0 Å². The average Bonchev–Trinajstić information content (AvgIpc) is 3.29. The van der Waals surface area contributed by atoms with E-state index in [1.807, 2.05) is 54.0 Å². The van der Waals surface area contributed by atoms with Gasteiger partial charge in [-0.2, -0.15) is 0 Å². The molecule has 0 aliphatic heterocycles. The van der Waals surface area contributed by atoms with Crippen LogP contribution in [0.5, 0.6) is 11.5 Å². The van der Waals surface area contributed by atoms with Gasteiger partial charge in [-0.1, -0.05) is 6.07 Å². The lowest BCUT2D eigenvalue weighted by atomic mass is 10.2. The van der Waals surface area contributed by atoms with Crippen LogP contribution in [-0.2, 0) is 5.75 Å². The summed E-state index contributed by atoms with van der Waals surface area (Å²) in [5.41, 5.74) is 7.52. The zero-order chi connectivity index (χ0) is 23.9. The van der Waals surface area contributed by atoms with E-state index >= 15 is 0 Å². The number of nitrogens with one attached hydrogen (secondary N) is 2. The summed E-state index contributed by atoms with van der Waals surface area (Å²) in [6, 6.07) is 17.9. The van der Waals surface area contributed by atoms with Gasteiger partial charge < -0.3 is 13.9 Å². The molecule has 0 bridgehead atoms. The van der Waals surface area contributed by atoms with Crippen molar-refractivity contribution >= 4 is 29.2 Å². The normalized spacial score (nSPS) is 10.6. The maximum absolute atomic E-state index is 12.4. The highest BCUT2D eigenvalue weighted by Gasteiger charge is 2.13. The second kappa shape index (κ2) is 10.8. The second-order valence-corrected chi connectivity index (χ2v) is 8.27. The Kier molecular flexibility index (Phi) is 7.34. The highest BCUT2D eigenvalue weighted by atomic mass is 32.2. The second-order valence-electron chi connectivity index (χ2n) is 7.22. The number of imidazole rings is 1. The first-order valence-corrected chi connectivity index (χ1v) is 11.6. The topological polar surface area (TPSA) is 94.0 Å². The predicted molar refractivity (Wildman–Crippen MR) is 130 cm³/mol. The molecule has 9 heteroatoms. The summed E-state index contributed by atoms with van der Waals surface area (Å²) in [5, 5.41) is 0. The fourth-order valence-electron chi connectivity index (χ4n) is 3.26. The van der Waals surface area contributed by atoms with Crippen LogP contribution in [0.4, 0.5) is 0 Å². The number of thioether (sulfide) groups is 1. The third kappa shape index (κ3) is 5.49. The number of fused-ring (bicyclic) bond motifs is 1. The molecule has 0 spiro atoms. The Balaban J connectivity index is 1.30. The maximum Gasteiger partial charge on any atom is 0.269 e. The van der Waals surface area contributed by atoms with Gasteiger partial charge in [0.05, 0.1) is 19.4 Å². The molecule has 0 aliphatic carbocycles. The smallest absolute Gasteiger partial charge is 0.269 e. The minimum absolute atomic E-state index is 0.333. The Bertz CT molecular complexity index is 1270. The monoisotopic (exact) mass is 476 g/mol. The predicted octanol–water partition coefficient (Wildman–Crippen LogP) is 4.11. The number of carbonyl (C=O) groups is 2. The number of ether oxygens (including phenoxy) is 2. The van der Waals surface area contributed by atoms with Crippen LogP contribution >= 0.6 is 11.8 Å². The third-order valence-corrected chi connectivity index (χ3v) is 5.98. The van der Waals surface area contributed by atoms with Crippen molar-refractivity contribution in [3.05, 3.63) is 89.9 Å². The number of hydrazine groups is 1. The minimum atomic E-state index is -0.464. The third-order valence-electron chi connectivity index (χ3n) is 4.93. The van der Waals surface area contributed by atoms with Gasteiger partial charge in [0.15, 0.2) is 11.5 Å². The van der Waals surface area contributed by atoms with E-state index in [2.05, 4.69) is 15.8 Å². The largest absolute Gasteiger partial charge is 0.493 e. The van der Waals surface area contributed by atoms with Crippen LogP contribution in [0.15, 0.2) is 78.0 Å². The van der Waals surface area contributed by atoms with Gasteiger partial charge in [0.2, 0.25) is 0 Å². The summed E-state index contributed by atoms with van der Waals surface area (Å²) < 4.78 is 12.7. The molecule has 4 rings (SSSR count). The molecule has 2 aromatic heterocycles. The zero-order valence-electron chi connectivity index (χ0n) is 18.8. The van der Waals surface area contributed by atoms with Crippen molar-refractivity contribution in [1.29, 1.82) is 0 Å². The van der Waals surface area contributed by atoms with E-state index in [-0.39, 0.29) is 0 Å². The zero-order valence-corrected chi connectivity index (χ0v) is 19.6. The number of hydrogen-bond donors (Lipinski definition) is 2. The molecule has 174 valence electrons. The van der Waals surface area contributed by atoms with Crippen molar-refractivity contribution in [3.8, 4) is 11.5 Å². The number of amides is 2. The minimum Gasteiger partial charge on any atom is -0.493 e. The maximum atomic E-state index is 12.4. The van der Waals surface area contributed by atoms with Crippen molar-refractivity contribution in [1.82, 2.24) is 20.2 Å². The first-order chi connectivity index (χ1) is 16.6. The van der Waals surface area contributed by atoms with Gasteiger partial charge >= 0.3 is 0 Å². The molecule has 0 saturated carbocycles. The van der Waals surface area contributed by atoms with E-state index in [4.69, 9.17) is 9.47 Å². The number of rotatable bonds is 8. The highest BCUT2D eigenvalue weighted by Crippen LogP contribution is 2.28. The Morgan fingerprint density at radius 3 is 2.41 bits per heavy atom. The number of pyridine rings is 1. The summed E-state index contributed by atoms with van der Waals surface area (Å²) in [6.45, 7) is 2.35. The van der Waals surface area contributed by atoms with Crippen molar-refractivity contribution in [2.75, 3.05) is 13.7 Å². The van der Waals surface area contributed by atoms with Crippen LogP contribution in [-0.4, -0.2) is 34.9 Å². The lowest BCUT2D eigenvalue weighted by Crippen LogP contribution is -2.41. The van der Waals surface area contributed by atoms with Gasteiger partial charge in [-0.05, 0) is 61.5 Å². The first-order valence-electron chi connectivity index (χ1n) is 10.6. The lowest BCUT2D eigenvalue weighted by molar-refractivity contribution is 0.0846. The highest BCUT2D eigenvalue weighted by molar-refractivity contribution is 7.98. The van der Waals surface area contributed by atoms with Gasteiger partial charge in [0, 0.05) is 34.2 Å². The summed E-state index contributed by atoms with van der Waals surface area (Å²) in [5.74, 6) is 0.828. The number of methoxy groups -OCH3 is 1. The van der Waals surface area contributed by atoms with E-state index < -0.39 is 11.8 Å². The van der Waals surface area contributed by atoms with Crippen molar-refractivity contribution in [2.45, 2.75) is 17.6 Å². The van der Waals surface area contributed by atoms with Crippen molar-refractivity contribution < 1.29 is 19.1 Å². The summed E-state index contributed by atoms with van der Waals surface area (Å²) >= 11 is 1.63. The summed E-state index contributed by atoms with van der Waals surface area (Å²) in [7, 11) is 1.50. The fraction of sp³-hybridized carbons (Fsp3) is 0.160. The lowest BCUT2D eigenvalue weighted by Gasteiger charge is -2.12. The van der Waals surface area contributed by atoms with Crippen LogP contribution < -0.4 is 20.3 Å². The molecule has 0 atom stereocenters. The van der Waals surface area contributed by atoms with Gasteiger partial charge in [-0.15, -0.1) is 11.8 Å². The number of benzene rings is 2. The molecule has 34 heavy (non-hydrogen) atoms. The average molecular weight is 477 g/mol. The van der Waals surface area contributed by atoms with E-state index in [1.54, 1.807) is 42.1 Å². The summed E-state index contributed by atoms with van der Waals surface area (Å²) in [6.07, 6.45) is 3.97. The Labute approximate surface area is 201 Å². The molecule has 4 aromatic rings. The van der Waals surface area contributed by atoms with Crippen LogP contribution in [0.2, 0.25) is 0 Å². The molecule has 0 unspecified atom stereocenters. The molecule has 2 aromatic carbocycles. The Morgan fingerprint density at radius 2 is 1.71 bits per heavy atom. The van der Waals surface area contributed by atoms with E-state index in [9.17, 15) is 9.59 Å². The van der Waals surface area contributed by atoms with Gasteiger partial charge in [-0.25, -0.2) is 4.98 Å². The molecule has 0 fully saturated rings. The van der Waals surface area contributed by atoms with E-state index in [0.29, 0.717) is 29.2 Å². The SMILES string of the molecule is CCOc1ccc(C(=O)NNC(=O)c2ccc(SCc3cn4ccccc4n3)cc2)cc1OC. The van der Waals surface area contributed by atoms with Gasteiger partial charge in [0.1, 0.15) is 5.65 Å². The number of nitrogens with zero attached hydrogens (tertiary/aromatic N) is 2. The molecule has 2 heterocycles. The number of carbonyl (C=O) groups excluding carboxylic acids is 2. The van der Waals surface area contributed by atoms with Crippen LogP contribution in [0.25, 0.3) is 5.65 Å². The molecular formula is C25H24N4O4S. The van der Waals surface area contributed by atoms with Gasteiger partial charge in [0.25, 0.3) is 11.8 Å². The summed E-state index contributed by atoms with van der Waals surface area (Å²) in [4.78, 5) is 30.5. The van der Waals surface area contributed by atoms with Gasteiger partial charge in [-0.3, -0.25) is 20.4 Å². The molecule has 0 aliphatic rings. The van der Waals surface area contributed by atoms with E-state index in [1.165, 1.54) is 7.11 Å². The first kappa shape index (κ1) is 23.2. The number of hydrogen-bond acceptors (Lipinski definition) is 6. The molecular weight excluding hydrogens is 452 g/mol. The van der Waals surface area contributed by atoms with Crippen LogP contribution in [0.3, 0.4) is 0 Å². The Morgan fingerprint density at radius 1 is 0.971 bits per heavy atom. The van der Waals surface area contributed by atoms with Crippen molar-refractivity contribution in [3.63, 3.8) is 0 Å². The molecule has 0 radical (unpaired) electrons. The number of aromatic nitrogens is 2. The molecule has 2 amide bonds.